The third-order valence-corrected chi connectivity index (χ3v) is 4.68. The lowest BCUT2D eigenvalue weighted by Gasteiger charge is -2.37. The van der Waals surface area contributed by atoms with E-state index in [-0.39, 0.29) is 0 Å². The molecule has 5 unspecified atom stereocenters. The molecule has 0 aliphatic heterocycles. The van der Waals surface area contributed by atoms with Crippen LogP contribution < -0.4 is 5.32 Å². The van der Waals surface area contributed by atoms with Gasteiger partial charge in [-0.15, -0.1) is 0 Å². The predicted octanol–water partition coefficient (Wildman–Crippen LogP) is 3.84. The fourth-order valence-electron chi connectivity index (χ4n) is 2.67. The van der Waals surface area contributed by atoms with E-state index < -0.39 is 0 Å². The van der Waals surface area contributed by atoms with Crippen molar-refractivity contribution in [3.63, 3.8) is 0 Å². The molecule has 15 heavy (non-hydrogen) atoms. The average molecular weight is 211 g/mol. The smallest absolute Gasteiger partial charge is 0.00978 e. The summed E-state index contributed by atoms with van der Waals surface area (Å²) in [7, 11) is 0. The topological polar surface area (TPSA) is 12.0 Å². The highest BCUT2D eigenvalue weighted by Crippen LogP contribution is 2.30. The van der Waals surface area contributed by atoms with Crippen molar-refractivity contribution >= 4 is 0 Å². The highest BCUT2D eigenvalue weighted by molar-refractivity contribution is 4.84. The quantitative estimate of drug-likeness (QED) is 0.745. The number of nitrogens with one attached hydrogen (secondary N) is 1. The summed E-state index contributed by atoms with van der Waals surface area (Å²) < 4.78 is 0. The molecule has 0 bridgehead atoms. The maximum absolute atomic E-state index is 3.85. The molecule has 0 aromatic carbocycles. The Morgan fingerprint density at radius 2 is 1.87 bits per heavy atom. The van der Waals surface area contributed by atoms with Gasteiger partial charge in [-0.2, -0.15) is 0 Å². The van der Waals surface area contributed by atoms with Gasteiger partial charge < -0.3 is 5.32 Å². The summed E-state index contributed by atoms with van der Waals surface area (Å²) in [4.78, 5) is 0. The molecule has 0 saturated heterocycles. The Morgan fingerprint density at radius 1 is 1.20 bits per heavy atom. The van der Waals surface area contributed by atoms with E-state index in [4.69, 9.17) is 0 Å². The molecule has 0 amide bonds. The Bertz CT molecular complexity index is 178. The monoisotopic (exact) mass is 211 g/mol. The average Bonchev–Trinajstić information content (AvgIpc) is 2.23. The zero-order valence-corrected chi connectivity index (χ0v) is 11.2. The molecule has 0 spiro atoms. The first-order valence-corrected chi connectivity index (χ1v) is 6.82. The summed E-state index contributed by atoms with van der Waals surface area (Å²) in [6, 6.07) is 1.44. The van der Waals surface area contributed by atoms with Crippen LogP contribution in [0.3, 0.4) is 0 Å². The number of hydrogen-bond acceptors (Lipinski definition) is 1. The second kappa shape index (κ2) is 5.89. The van der Waals surface area contributed by atoms with Crippen molar-refractivity contribution in [3.8, 4) is 0 Å². The SMILES string of the molecule is CCC(C)C(C)NC1CCCC(C)C1C. The molecular weight excluding hydrogens is 182 g/mol. The van der Waals surface area contributed by atoms with Crippen LogP contribution in [0.4, 0.5) is 0 Å². The van der Waals surface area contributed by atoms with Crippen LogP contribution in [-0.2, 0) is 0 Å². The van der Waals surface area contributed by atoms with E-state index in [1.165, 1.54) is 25.7 Å². The fraction of sp³-hybridized carbons (Fsp3) is 1.00. The summed E-state index contributed by atoms with van der Waals surface area (Å²) in [5, 5.41) is 3.85. The van der Waals surface area contributed by atoms with Gasteiger partial charge in [0.15, 0.2) is 0 Å². The zero-order valence-electron chi connectivity index (χ0n) is 11.2. The lowest BCUT2D eigenvalue weighted by atomic mass is 9.77. The normalized spacial score (nSPS) is 36.2. The van der Waals surface area contributed by atoms with Gasteiger partial charge in [0.05, 0.1) is 0 Å². The van der Waals surface area contributed by atoms with Crippen LogP contribution in [0.2, 0.25) is 0 Å². The molecule has 0 heterocycles. The van der Waals surface area contributed by atoms with Crippen LogP contribution in [0.25, 0.3) is 0 Å². The summed E-state index contributed by atoms with van der Waals surface area (Å²) in [5.41, 5.74) is 0. The van der Waals surface area contributed by atoms with Gasteiger partial charge in [0, 0.05) is 12.1 Å². The Balaban J connectivity index is 2.42. The molecule has 1 rings (SSSR count). The van der Waals surface area contributed by atoms with Crippen LogP contribution >= 0.6 is 0 Å². The summed E-state index contributed by atoms with van der Waals surface area (Å²) in [6.07, 6.45) is 5.50. The Kier molecular flexibility index (Phi) is 5.11. The van der Waals surface area contributed by atoms with Gasteiger partial charge in [0.1, 0.15) is 0 Å². The van der Waals surface area contributed by atoms with E-state index in [0.29, 0.717) is 6.04 Å². The van der Waals surface area contributed by atoms with E-state index in [1.54, 1.807) is 0 Å². The molecule has 1 saturated carbocycles. The first-order valence-electron chi connectivity index (χ1n) is 6.82. The maximum Gasteiger partial charge on any atom is 0.00978 e. The van der Waals surface area contributed by atoms with Crippen molar-refractivity contribution < 1.29 is 0 Å². The second-order valence-electron chi connectivity index (χ2n) is 5.71. The summed E-state index contributed by atoms with van der Waals surface area (Å²) in [5.74, 6) is 2.56. The molecule has 0 radical (unpaired) electrons. The van der Waals surface area contributed by atoms with Crippen molar-refractivity contribution in [2.45, 2.75) is 72.4 Å². The van der Waals surface area contributed by atoms with Crippen LogP contribution in [-0.4, -0.2) is 12.1 Å². The zero-order chi connectivity index (χ0) is 11.4. The standard InChI is InChI=1S/C14H29N/c1-6-10(2)13(5)15-14-9-7-8-11(3)12(14)4/h10-15H,6-9H2,1-5H3. The molecular formula is C14H29N. The third kappa shape index (κ3) is 3.48. The maximum atomic E-state index is 3.85. The van der Waals surface area contributed by atoms with Gasteiger partial charge in [-0.1, -0.05) is 47.0 Å². The molecule has 0 aromatic heterocycles. The van der Waals surface area contributed by atoms with Crippen LogP contribution in [0.1, 0.15) is 60.3 Å². The van der Waals surface area contributed by atoms with Gasteiger partial charge in [0.25, 0.3) is 0 Å². The Hall–Kier alpha value is -0.0400. The molecule has 1 heteroatoms. The minimum atomic E-state index is 0.674. The molecule has 0 aromatic rings. The Morgan fingerprint density at radius 3 is 2.47 bits per heavy atom. The highest BCUT2D eigenvalue weighted by Gasteiger charge is 2.28. The van der Waals surface area contributed by atoms with Crippen molar-refractivity contribution in [1.29, 1.82) is 0 Å². The van der Waals surface area contributed by atoms with Crippen molar-refractivity contribution in [2.75, 3.05) is 0 Å². The number of rotatable bonds is 4. The lowest BCUT2D eigenvalue weighted by Crippen LogP contribution is -2.46. The molecule has 1 nitrogen and oxygen atoms in total. The van der Waals surface area contributed by atoms with Gasteiger partial charge in [-0.25, -0.2) is 0 Å². The van der Waals surface area contributed by atoms with E-state index >= 15 is 0 Å². The van der Waals surface area contributed by atoms with Gasteiger partial charge >= 0.3 is 0 Å². The number of hydrogen-bond donors (Lipinski definition) is 1. The largest absolute Gasteiger partial charge is 0.311 e. The van der Waals surface area contributed by atoms with Gasteiger partial charge in [0.2, 0.25) is 0 Å². The van der Waals surface area contributed by atoms with Crippen molar-refractivity contribution in [1.82, 2.24) is 5.32 Å². The molecule has 1 fully saturated rings. The third-order valence-electron chi connectivity index (χ3n) is 4.68. The first kappa shape index (κ1) is 13.0. The van der Waals surface area contributed by atoms with Crippen molar-refractivity contribution in [2.24, 2.45) is 17.8 Å². The lowest BCUT2D eigenvalue weighted by molar-refractivity contribution is 0.183. The second-order valence-corrected chi connectivity index (χ2v) is 5.71. The van der Waals surface area contributed by atoms with E-state index in [9.17, 15) is 0 Å². The van der Waals surface area contributed by atoms with Gasteiger partial charge in [-0.05, 0) is 31.1 Å². The van der Waals surface area contributed by atoms with Crippen LogP contribution in [0.5, 0.6) is 0 Å². The molecule has 1 aliphatic carbocycles. The first-order chi connectivity index (χ1) is 7.06. The minimum Gasteiger partial charge on any atom is -0.311 e. The molecule has 1 aliphatic rings. The van der Waals surface area contributed by atoms with E-state index in [2.05, 4.69) is 39.9 Å². The highest BCUT2D eigenvalue weighted by atomic mass is 15.0. The van der Waals surface area contributed by atoms with Crippen LogP contribution in [0.15, 0.2) is 0 Å². The minimum absolute atomic E-state index is 0.674. The summed E-state index contributed by atoms with van der Waals surface area (Å²) in [6.45, 7) is 11.8. The summed E-state index contributed by atoms with van der Waals surface area (Å²) >= 11 is 0. The molecule has 5 atom stereocenters. The van der Waals surface area contributed by atoms with Crippen LogP contribution in [0, 0.1) is 17.8 Å². The fourth-order valence-corrected chi connectivity index (χ4v) is 2.67. The molecule has 1 N–H and O–H groups in total. The Labute approximate surface area is 96.0 Å². The molecule has 90 valence electrons. The van der Waals surface area contributed by atoms with E-state index in [0.717, 1.165) is 23.8 Å². The van der Waals surface area contributed by atoms with Crippen molar-refractivity contribution in [3.05, 3.63) is 0 Å². The predicted molar refractivity (Wildman–Crippen MR) is 68.0 cm³/mol. The van der Waals surface area contributed by atoms with E-state index in [1.807, 2.05) is 0 Å². The van der Waals surface area contributed by atoms with Gasteiger partial charge in [-0.3, -0.25) is 0 Å².